The number of carbonyl (C=O) groups is 1. The number of aromatic carboxylic acids is 1. The van der Waals surface area contributed by atoms with E-state index in [9.17, 15) is 15.0 Å². The molecular weight excluding hydrogens is 240 g/mol. The Morgan fingerprint density at radius 2 is 1.89 bits per heavy atom. The maximum absolute atomic E-state index is 11.2. The first-order valence-corrected chi connectivity index (χ1v) is 6.87. The van der Waals surface area contributed by atoms with Crippen molar-refractivity contribution in [1.29, 1.82) is 0 Å². The van der Waals surface area contributed by atoms with Crippen LogP contribution in [0.15, 0.2) is 12.1 Å². The van der Waals surface area contributed by atoms with Crippen molar-refractivity contribution in [2.45, 2.75) is 58.8 Å². The van der Waals surface area contributed by atoms with Gasteiger partial charge in [-0.15, -0.1) is 0 Å². The maximum atomic E-state index is 11.2. The maximum Gasteiger partial charge on any atom is 0.339 e. The van der Waals surface area contributed by atoms with Crippen LogP contribution in [0.4, 0.5) is 0 Å². The van der Waals surface area contributed by atoms with Crippen LogP contribution in [0, 0.1) is 6.92 Å². The summed E-state index contributed by atoms with van der Waals surface area (Å²) >= 11 is 0. The standard InChI is InChI=1S/C16H24O3/c1-5-6-7-10-16(3,4)12-9-8-11(2)13(14(12)17)15(18)19/h8-9,17H,5-7,10H2,1-4H3,(H,18,19). The summed E-state index contributed by atoms with van der Waals surface area (Å²) in [5.41, 5.74) is 1.14. The first-order valence-electron chi connectivity index (χ1n) is 6.87. The van der Waals surface area contributed by atoms with Crippen LogP contribution < -0.4 is 0 Å². The van der Waals surface area contributed by atoms with E-state index in [0.29, 0.717) is 5.56 Å². The summed E-state index contributed by atoms with van der Waals surface area (Å²) in [7, 11) is 0. The zero-order chi connectivity index (χ0) is 14.6. The van der Waals surface area contributed by atoms with Crippen molar-refractivity contribution in [2.24, 2.45) is 0 Å². The van der Waals surface area contributed by atoms with E-state index < -0.39 is 5.97 Å². The lowest BCUT2D eigenvalue weighted by Gasteiger charge is -2.27. The van der Waals surface area contributed by atoms with Gasteiger partial charge in [0.25, 0.3) is 0 Å². The smallest absolute Gasteiger partial charge is 0.339 e. The van der Waals surface area contributed by atoms with Crippen LogP contribution in [-0.4, -0.2) is 16.2 Å². The Hall–Kier alpha value is -1.51. The Morgan fingerprint density at radius 1 is 1.26 bits per heavy atom. The van der Waals surface area contributed by atoms with Crippen LogP contribution in [-0.2, 0) is 5.41 Å². The van der Waals surface area contributed by atoms with Crippen LogP contribution in [0.3, 0.4) is 0 Å². The molecule has 0 aliphatic heterocycles. The number of aromatic hydroxyl groups is 1. The molecule has 1 aromatic carbocycles. The van der Waals surface area contributed by atoms with Gasteiger partial charge in [-0.05, 0) is 24.3 Å². The highest BCUT2D eigenvalue weighted by Gasteiger charge is 2.27. The predicted molar refractivity (Wildman–Crippen MR) is 77.0 cm³/mol. The van der Waals surface area contributed by atoms with Crippen LogP contribution >= 0.6 is 0 Å². The molecule has 0 aromatic heterocycles. The molecule has 106 valence electrons. The Morgan fingerprint density at radius 3 is 2.42 bits per heavy atom. The molecule has 0 aliphatic carbocycles. The van der Waals surface area contributed by atoms with E-state index in [1.54, 1.807) is 13.0 Å². The first-order chi connectivity index (χ1) is 8.81. The number of phenols is 1. The second-order valence-corrected chi connectivity index (χ2v) is 5.80. The van der Waals surface area contributed by atoms with Gasteiger partial charge in [-0.25, -0.2) is 4.79 Å². The summed E-state index contributed by atoms with van der Waals surface area (Å²) in [5, 5.41) is 19.4. The van der Waals surface area contributed by atoms with E-state index in [0.717, 1.165) is 31.2 Å². The molecule has 3 heteroatoms. The third-order valence-corrected chi connectivity index (χ3v) is 3.73. The van der Waals surface area contributed by atoms with Gasteiger partial charge in [0.05, 0.1) is 0 Å². The van der Waals surface area contributed by atoms with Gasteiger partial charge < -0.3 is 10.2 Å². The zero-order valence-electron chi connectivity index (χ0n) is 12.3. The van der Waals surface area contributed by atoms with Crippen molar-refractivity contribution in [3.8, 4) is 5.75 Å². The van der Waals surface area contributed by atoms with Gasteiger partial charge in [-0.1, -0.05) is 52.2 Å². The highest BCUT2D eigenvalue weighted by atomic mass is 16.4. The van der Waals surface area contributed by atoms with Crippen LogP contribution in [0.1, 0.15) is 67.9 Å². The van der Waals surface area contributed by atoms with E-state index in [4.69, 9.17) is 0 Å². The molecule has 0 spiro atoms. The first kappa shape index (κ1) is 15.5. The molecule has 0 unspecified atom stereocenters. The Bertz CT molecular complexity index is 461. The molecule has 1 aromatic rings. The SMILES string of the molecule is CCCCCC(C)(C)c1ccc(C)c(C(=O)O)c1O. The van der Waals surface area contributed by atoms with Crippen molar-refractivity contribution in [3.05, 3.63) is 28.8 Å². The molecule has 0 amide bonds. The minimum absolute atomic E-state index is 0.0288. The number of rotatable bonds is 6. The van der Waals surface area contributed by atoms with Gasteiger partial charge in [0.15, 0.2) is 0 Å². The van der Waals surface area contributed by atoms with Gasteiger partial charge >= 0.3 is 5.97 Å². The molecular formula is C16H24O3. The number of hydrogen-bond acceptors (Lipinski definition) is 2. The Kier molecular flexibility index (Phi) is 4.98. The van der Waals surface area contributed by atoms with E-state index in [-0.39, 0.29) is 16.7 Å². The average Bonchev–Trinajstić information content (AvgIpc) is 2.28. The largest absolute Gasteiger partial charge is 0.507 e. The van der Waals surface area contributed by atoms with Gasteiger partial charge in [0.1, 0.15) is 11.3 Å². The number of carboxylic acid groups (broad SMARTS) is 1. The molecule has 0 heterocycles. The summed E-state index contributed by atoms with van der Waals surface area (Å²) in [5.74, 6) is -1.14. The highest BCUT2D eigenvalue weighted by molar-refractivity contribution is 5.93. The Labute approximate surface area is 115 Å². The van der Waals surface area contributed by atoms with Crippen molar-refractivity contribution in [3.63, 3.8) is 0 Å². The fourth-order valence-corrected chi connectivity index (χ4v) is 2.46. The molecule has 0 fully saturated rings. The highest BCUT2D eigenvalue weighted by Crippen LogP contribution is 2.38. The summed E-state index contributed by atoms with van der Waals surface area (Å²) in [6.07, 6.45) is 4.33. The number of benzene rings is 1. The van der Waals surface area contributed by atoms with Crippen LogP contribution in [0.2, 0.25) is 0 Å². The van der Waals surface area contributed by atoms with E-state index in [1.165, 1.54) is 0 Å². The summed E-state index contributed by atoms with van der Waals surface area (Å²) in [6, 6.07) is 3.63. The normalized spacial score (nSPS) is 11.6. The van der Waals surface area contributed by atoms with Crippen molar-refractivity contribution >= 4 is 5.97 Å². The van der Waals surface area contributed by atoms with E-state index in [2.05, 4.69) is 20.8 Å². The topological polar surface area (TPSA) is 57.5 Å². The second-order valence-electron chi connectivity index (χ2n) is 5.80. The fourth-order valence-electron chi connectivity index (χ4n) is 2.46. The molecule has 19 heavy (non-hydrogen) atoms. The summed E-state index contributed by atoms with van der Waals surface area (Å²) < 4.78 is 0. The van der Waals surface area contributed by atoms with Crippen molar-refractivity contribution < 1.29 is 15.0 Å². The summed E-state index contributed by atoms with van der Waals surface area (Å²) in [6.45, 7) is 7.97. The van der Waals surface area contributed by atoms with Gasteiger partial charge in [0, 0.05) is 5.56 Å². The second kappa shape index (κ2) is 6.09. The predicted octanol–water partition coefficient (Wildman–Crippen LogP) is 4.26. The van der Waals surface area contributed by atoms with Gasteiger partial charge in [-0.2, -0.15) is 0 Å². The van der Waals surface area contributed by atoms with Crippen molar-refractivity contribution in [1.82, 2.24) is 0 Å². The minimum Gasteiger partial charge on any atom is -0.507 e. The molecule has 0 aliphatic rings. The zero-order valence-corrected chi connectivity index (χ0v) is 12.3. The molecule has 2 N–H and O–H groups in total. The molecule has 3 nitrogen and oxygen atoms in total. The molecule has 0 saturated heterocycles. The molecule has 0 radical (unpaired) electrons. The number of hydrogen-bond donors (Lipinski definition) is 2. The van der Waals surface area contributed by atoms with Crippen LogP contribution in [0.25, 0.3) is 0 Å². The lowest BCUT2D eigenvalue weighted by Crippen LogP contribution is -2.18. The molecule has 0 bridgehead atoms. The summed E-state index contributed by atoms with van der Waals surface area (Å²) in [4.78, 5) is 11.2. The Balaban J connectivity index is 3.13. The number of aryl methyl sites for hydroxylation is 1. The van der Waals surface area contributed by atoms with Crippen LogP contribution in [0.5, 0.6) is 5.75 Å². The van der Waals surface area contributed by atoms with E-state index >= 15 is 0 Å². The van der Waals surface area contributed by atoms with E-state index in [1.807, 2.05) is 6.07 Å². The third-order valence-electron chi connectivity index (χ3n) is 3.73. The number of unbranched alkanes of at least 4 members (excludes halogenated alkanes) is 2. The lowest BCUT2D eigenvalue weighted by molar-refractivity contribution is 0.0692. The van der Waals surface area contributed by atoms with Gasteiger partial charge in [0.2, 0.25) is 0 Å². The lowest BCUT2D eigenvalue weighted by atomic mass is 9.78. The minimum atomic E-state index is -1.07. The van der Waals surface area contributed by atoms with Crippen molar-refractivity contribution in [2.75, 3.05) is 0 Å². The third kappa shape index (κ3) is 3.49. The molecule has 0 saturated carbocycles. The monoisotopic (exact) mass is 264 g/mol. The number of carboxylic acids is 1. The fraction of sp³-hybridized carbons (Fsp3) is 0.562. The average molecular weight is 264 g/mol. The quantitative estimate of drug-likeness (QED) is 0.755. The molecule has 1 rings (SSSR count). The van der Waals surface area contributed by atoms with Gasteiger partial charge in [-0.3, -0.25) is 0 Å². The molecule has 0 atom stereocenters.